The van der Waals surface area contributed by atoms with E-state index < -0.39 is 15.9 Å². The van der Waals surface area contributed by atoms with Crippen LogP contribution in [0.3, 0.4) is 0 Å². The van der Waals surface area contributed by atoms with E-state index in [1.807, 2.05) is 0 Å². The summed E-state index contributed by atoms with van der Waals surface area (Å²) in [4.78, 5) is 38.5. The predicted molar refractivity (Wildman–Crippen MR) is 101 cm³/mol. The van der Waals surface area contributed by atoms with Gasteiger partial charge in [-0.2, -0.15) is 0 Å². The van der Waals surface area contributed by atoms with Gasteiger partial charge in [-0.25, -0.2) is 0 Å². The summed E-state index contributed by atoms with van der Waals surface area (Å²) < 4.78 is 0. The number of benzene rings is 2. The molecule has 9 heteroatoms. The quantitative estimate of drug-likeness (QED) is 0.534. The largest absolute Gasteiger partial charge is 0.361 e. The topological polar surface area (TPSA) is 122 Å². The first-order valence-electron chi connectivity index (χ1n) is 8.75. The van der Waals surface area contributed by atoms with Crippen molar-refractivity contribution in [3.05, 3.63) is 80.0 Å². The molecule has 1 atom stereocenters. The number of H-pyrrole nitrogens is 1. The van der Waals surface area contributed by atoms with Crippen molar-refractivity contribution in [1.29, 1.82) is 0 Å². The maximum absolute atomic E-state index is 12.5. The molecular formula is C19H16N4O5. The molecule has 28 heavy (non-hydrogen) atoms. The highest BCUT2D eigenvalue weighted by Crippen LogP contribution is 2.37. The molecular weight excluding hydrogens is 364 g/mol. The number of carbonyl (C=O) groups is 1. The van der Waals surface area contributed by atoms with Gasteiger partial charge in [-0.3, -0.25) is 25.0 Å². The summed E-state index contributed by atoms with van der Waals surface area (Å²) in [7, 11) is 0. The van der Waals surface area contributed by atoms with Gasteiger partial charge >= 0.3 is 0 Å². The average molecular weight is 380 g/mol. The van der Waals surface area contributed by atoms with E-state index in [0.29, 0.717) is 23.9 Å². The van der Waals surface area contributed by atoms with Crippen molar-refractivity contribution in [3.8, 4) is 0 Å². The minimum Gasteiger partial charge on any atom is -0.361 e. The van der Waals surface area contributed by atoms with Crippen LogP contribution in [0.25, 0.3) is 10.9 Å². The number of non-ortho nitro benzene ring substituents is 2. The number of hydrogen-bond acceptors (Lipinski definition) is 5. The molecule has 4 rings (SSSR count). The van der Waals surface area contributed by atoms with Gasteiger partial charge in [-0.1, -0.05) is 0 Å². The molecule has 1 aromatic heterocycles. The summed E-state index contributed by atoms with van der Waals surface area (Å²) in [6, 6.07) is 10.1. The normalized spacial score (nSPS) is 15.1. The van der Waals surface area contributed by atoms with Crippen molar-refractivity contribution in [3.63, 3.8) is 0 Å². The maximum Gasteiger partial charge on any atom is 0.270 e. The maximum atomic E-state index is 12.5. The Morgan fingerprint density at radius 1 is 1.00 bits per heavy atom. The Morgan fingerprint density at radius 2 is 1.68 bits per heavy atom. The highest BCUT2D eigenvalue weighted by atomic mass is 16.6. The Kier molecular flexibility index (Phi) is 4.26. The van der Waals surface area contributed by atoms with Gasteiger partial charge in [0.05, 0.1) is 15.9 Å². The third-order valence-corrected chi connectivity index (χ3v) is 5.04. The number of aromatic nitrogens is 1. The number of nitrogens with zero attached hydrogens (tertiary/aromatic N) is 3. The van der Waals surface area contributed by atoms with Crippen molar-refractivity contribution >= 4 is 28.2 Å². The Labute approximate surface area is 158 Å². The zero-order valence-corrected chi connectivity index (χ0v) is 14.7. The molecule has 1 aliphatic rings. The van der Waals surface area contributed by atoms with Crippen molar-refractivity contribution in [2.75, 3.05) is 6.54 Å². The van der Waals surface area contributed by atoms with Gasteiger partial charge in [-0.05, 0) is 30.2 Å². The molecule has 3 aromatic rings. The molecule has 142 valence electrons. The van der Waals surface area contributed by atoms with Crippen LogP contribution in [0.2, 0.25) is 0 Å². The zero-order valence-electron chi connectivity index (χ0n) is 14.7. The van der Waals surface area contributed by atoms with Crippen LogP contribution >= 0.6 is 0 Å². The Hall–Kier alpha value is -3.75. The predicted octanol–water partition coefficient (Wildman–Crippen LogP) is 3.70. The molecule has 1 unspecified atom stereocenters. The highest BCUT2D eigenvalue weighted by Gasteiger charge is 2.32. The van der Waals surface area contributed by atoms with Gasteiger partial charge < -0.3 is 9.88 Å². The molecule has 1 amide bonds. The first-order chi connectivity index (χ1) is 13.5. The lowest BCUT2D eigenvalue weighted by Crippen LogP contribution is -2.30. The fourth-order valence-electron chi connectivity index (χ4n) is 3.72. The first kappa shape index (κ1) is 17.7. The van der Waals surface area contributed by atoms with Crippen molar-refractivity contribution in [2.45, 2.75) is 18.9 Å². The summed E-state index contributed by atoms with van der Waals surface area (Å²) in [6.07, 6.45) is 2.91. The van der Waals surface area contributed by atoms with Crippen molar-refractivity contribution in [1.82, 2.24) is 9.88 Å². The number of carbonyl (C=O) groups excluding carboxylic acids is 1. The molecule has 1 fully saturated rings. The van der Waals surface area contributed by atoms with E-state index in [2.05, 4.69) is 4.98 Å². The fourth-order valence-corrected chi connectivity index (χ4v) is 3.72. The van der Waals surface area contributed by atoms with E-state index in [0.717, 1.165) is 17.5 Å². The Bertz CT molecular complexity index is 1090. The number of nitro benzene ring substituents is 2. The molecule has 0 aliphatic carbocycles. The molecule has 1 N–H and O–H groups in total. The third-order valence-electron chi connectivity index (χ3n) is 5.04. The Morgan fingerprint density at radius 3 is 2.29 bits per heavy atom. The molecule has 9 nitrogen and oxygen atoms in total. The molecule has 0 bridgehead atoms. The fraction of sp³-hybridized carbons (Fsp3) is 0.211. The van der Waals surface area contributed by atoms with E-state index in [1.165, 1.54) is 24.3 Å². The van der Waals surface area contributed by atoms with E-state index in [-0.39, 0.29) is 17.3 Å². The van der Waals surface area contributed by atoms with Crippen LogP contribution in [-0.4, -0.2) is 32.2 Å². The van der Waals surface area contributed by atoms with Gasteiger partial charge in [0, 0.05) is 59.9 Å². The van der Waals surface area contributed by atoms with Gasteiger partial charge in [0.15, 0.2) is 0 Å². The zero-order chi connectivity index (χ0) is 19.8. The van der Waals surface area contributed by atoms with Crippen LogP contribution in [0, 0.1) is 20.2 Å². The standard InChI is InChI=1S/C19H16N4O5/c24-18-2-1-9-21(18)19(12-3-5-13(6-4-12)22(25)26)16-11-20-17-8-7-14(23(27)28)10-15(16)17/h3-8,10-11,19-20H,1-2,9H2. The second-order valence-electron chi connectivity index (χ2n) is 6.67. The van der Waals surface area contributed by atoms with Crippen LogP contribution in [0.1, 0.15) is 30.0 Å². The SMILES string of the molecule is O=C1CCCN1C(c1ccc([N+](=O)[O-])cc1)c1c[nH]c2ccc([N+](=O)[O-])cc12. The lowest BCUT2D eigenvalue weighted by Gasteiger charge is -2.28. The second-order valence-corrected chi connectivity index (χ2v) is 6.67. The number of rotatable bonds is 5. The van der Waals surface area contributed by atoms with Gasteiger partial charge in [0.25, 0.3) is 11.4 Å². The smallest absolute Gasteiger partial charge is 0.270 e. The first-order valence-corrected chi connectivity index (χ1v) is 8.75. The second kappa shape index (κ2) is 6.76. The van der Waals surface area contributed by atoms with Crippen molar-refractivity contribution < 1.29 is 14.6 Å². The molecule has 0 spiro atoms. The van der Waals surface area contributed by atoms with Crippen LogP contribution in [0.4, 0.5) is 11.4 Å². The van der Waals surface area contributed by atoms with E-state index in [1.54, 1.807) is 29.3 Å². The van der Waals surface area contributed by atoms with E-state index in [9.17, 15) is 25.0 Å². The number of nitro groups is 2. The number of amides is 1. The minimum absolute atomic E-state index is 0.0110. The molecule has 2 heterocycles. The monoisotopic (exact) mass is 380 g/mol. The van der Waals surface area contributed by atoms with Crippen LogP contribution < -0.4 is 0 Å². The lowest BCUT2D eigenvalue weighted by molar-refractivity contribution is -0.385. The number of hydrogen-bond donors (Lipinski definition) is 1. The minimum atomic E-state index is -0.480. The number of nitrogens with one attached hydrogen (secondary N) is 1. The van der Waals surface area contributed by atoms with E-state index in [4.69, 9.17) is 0 Å². The summed E-state index contributed by atoms with van der Waals surface area (Å²) >= 11 is 0. The summed E-state index contributed by atoms with van der Waals surface area (Å²) in [5.41, 5.74) is 2.09. The highest BCUT2D eigenvalue weighted by molar-refractivity contribution is 5.87. The summed E-state index contributed by atoms with van der Waals surface area (Å²) in [6.45, 7) is 0.558. The lowest BCUT2D eigenvalue weighted by atomic mass is 9.96. The van der Waals surface area contributed by atoms with Crippen molar-refractivity contribution in [2.24, 2.45) is 0 Å². The molecule has 0 saturated carbocycles. The third kappa shape index (κ3) is 2.96. The molecule has 1 saturated heterocycles. The van der Waals surface area contributed by atoms with Crippen LogP contribution in [-0.2, 0) is 4.79 Å². The van der Waals surface area contributed by atoms with Gasteiger partial charge in [0.1, 0.15) is 0 Å². The van der Waals surface area contributed by atoms with Gasteiger partial charge in [-0.15, -0.1) is 0 Å². The molecule has 0 radical (unpaired) electrons. The number of fused-ring (bicyclic) bond motifs is 1. The van der Waals surface area contributed by atoms with E-state index >= 15 is 0 Å². The molecule has 2 aromatic carbocycles. The molecule has 1 aliphatic heterocycles. The summed E-state index contributed by atoms with van der Waals surface area (Å²) in [5, 5.41) is 22.8. The van der Waals surface area contributed by atoms with Crippen LogP contribution in [0.15, 0.2) is 48.7 Å². The average Bonchev–Trinajstić information content (AvgIpc) is 3.29. The van der Waals surface area contributed by atoms with Gasteiger partial charge in [0.2, 0.25) is 5.91 Å². The summed E-state index contributed by atoms with van der Waals surface area (Å²) in [5.74, 6) is -0.0110. The number of aromatic amines is 1. The van der Waals surface area contributed by atoms with Crippen LogP contribution in [0.5, 0.6) is 0 Å². The Balaban J connectivity index is 1.87. The number of likely N-dealkylation sites (tertiary alicyclic amines) is 1.